The molecule has 1 aromatic carbocycles. The summed E-state index contributed by atoms with van der Waals surface area (Å²) in [7, 11) is 0. The van der Waals surface area contributed by atoms with Crippen molar-refractivity contribution in [2.45, 2.75) is 13.0 Å². The summed E-state index contributed by atoms with van der Waals surface area (Å²) in [5, 5.41) is 4.53. The van der Waals surface area contributed by atoms with Crippen LogP contribution >= 0.6 is 0 Å². The van der Waals surface area contributed by atoms with Gasteiger partial charge in [-0.25, -0.2) is 4.52 Å². The third kappa shape index (κ3) is 1.71. The molecule has 0 aliphatic carbocycles. The average molecular weight is 265 g/mol. The molecule has 20 heavy (non-hydrogen) atoms. The molecule has 1 aliphatic rings. The van der Waals surface area contributed by atoms with Crippen molar-refractivity contribution < 1.29 is 0 Å². The van der Waals surface area contributed by atoms with Gasteiger partial charge in [0.1, 0.15) is 0 Å². The summed E-state index contributed by atoms with van der Waals surface area (Å²) in [5.74, 6) is 0.769. The molecule has 0 fully saturated rings. The number of hydrogen-bond donors (Lipinski definition) is 1. The summed E-state index contributed by atoms with van der Waals surface area (Å²) in [6.07, 6.45) is 2.90. The topological polar surface area (TPSA) is 59.5 Å². The zero-order valence-corrected chi connectivity index (χ0v) is 11.0. The first kappa shape index (κ1) is 11.3. The molecule has 0 bridgehead atoms. The van der Waals surface area contributed by atoms with E-state index in [1.54, 1.807) is 4.52 Å². The number of nitrogens with zero attached hydrogens (tertiary/aromatic N) is 4. The molecule has 3 heterocycles. The van der Waals surface area contributed by atoms with Gasteiger partial charge in [0, 0.05) is 25.0 Å². The van der Waals surface area contributed by atoms with E-state index in [9.17, 15) is 0 Å². The van der Waals surface area contributed by atoms with Gasteiger partial charge in [0.25, 0.3) is 0 Å². The average Bonchev–Trinajstić information content (AvgIpc) is 2.91. The Morgan fingerprint density at radius 1 is 1.10 bits per heavy atom. The van der Waals surface area contributed by atoms with Crippen molar-refractivity contribution in [2.75, 3.05) is 17.2 Å². The van der Waals surface area contributed by atoms with Crippen LogP contribution in [0.25, 0.3) is 5.65 Å². The van der Waals surface area contributed by atoms with E-state index in [4.69, 9.17) is 5.73 Å². The number of anilines is 2. The lowest BCUT2D eigenvalue weighted by Gasteiger charge is -2.28. The summed E-state index contributed by atoms with van der Waals surface area (Å²) in [6.45, 7) is 1.70. The highest BCUT2D eigenvalue weighted by molar-refractivity contribution is 5.55. The van der Waals surface area contributed by atoms with E-state index in [0.29, 0.717) is 0 Å². The number of aromatic nitrogens is 3. The highest BCUT2D eigenvalue weighted by Gasteiger charge is 2.21. The van der Waals surface area contributed by atoms with Crippen molar-refractivity contribution in [3.8, 4) is 0 Å². The summed E-state index contributed by atoms with van der Waals surface area (Å²) < 4.78 is 1.80. The molecule has 0 amide bonds. The Labute approximate surface area is 116 Å². The summed E-state index contributed by atoms with van der Waals surface area (Å²) in [6, 6.07) is 12.0. The van der Waals surface area contributed by atoms with Gasteiger partial charge < -0.3 is 10.6 Å². The van der Waals surface area contributed by atoms with E-state index in [1.165, 1.54) is 11.1 Å². The fraction of sp³-hybridized carbons (Fsp3) is 0.200. The maximum absolute atomic E-state index is 6.08. The smallest absolute Gasteiger partial charge is 0.245 e. The van der Waals surface area contributed by atoms with Gasteiger partial charge in [0.15, 0.2) is 5.65 Å². The van der Waals surface area contributed by atoms with Gasteiger partial charge in [0.2, 0.25) is 5.95 Å². The van der Waals surface area contributed by atoms with E-state index in [-0.39, 0.29) is 0 Å². The normalized spacial score (nSPS) is 14.5. The molecule has 0 unspecified atom stereocenters. The van der Waals surface area contributed by atoms with Crippen LogP contribution in [0.5, 0.6) is 0 Å². The van der Waals surface area contributed by atoms with E-state index >= 15 is 0 Å². The predicted molar refractivity (Wildman–Crippen MR) is 78.6 cm³/mol. The van der Waals surface area contributed by atoms with Gasteiger partial charge in [-0.15, -0.1) is 5.10 Å². The molecule has 4 rings (SSSR count). The summed E-state index contributed by atoms with van der Waals surface area (Å²) >= 11 is 0. The lowest BCUT2D eigenvalue weighted by atomic mass is 9.98. The van der Waals surface area contributed by atoms with E-state index in [2.05, 4.69) is 21.0 Å². The maximum atomic E-state index is 6.08. The molecule has 5 heteroatoms. The molecular weight excluding hydrogens is 250 g/mol. The van der Waals surface area contributed by atoms with Crippen LogP contribution in [0.3, 0.4) is 0 Å². The van der Waals surface area contributed by atoms with Crippen molar-refractivity contribution in [2.24, 2.45) is 0 Å². The lowest BCUT2D eigenvalue weighted by Crippen LogP contribution is -2.31. The van der Waals surface area contributed by atoms with E-state index in [1.807, 2.05) is 36.5 Å². The second-order valence-corrected chi connectivity index (χ2v) is 5.07. The molecule has 1 aliphatic heterocycles. The van der Waals surface area contributed by atoms with Crippen LogP contribution in [0, 0.1) is 0 Å². The molecule has 0 radical (unpaired) electrons. The number of nitrogen functional groups attached to an aromatic ring is 1. The first-order valence-electron chi connectivity index (χ1n) is 6.74. The van der Waals surface area contributed by atoms with Crippen LogP contribution in [0.15, 0.2) is 42.6 Å². The van der Waals surface area contributed by atoms with Gasteiger partial charge >= 0.3 is 0 Å². The zero-order valence-electron chi connectivity index (χ0n) is 11.0. The minimum Gasteiger partial charge on any atom is -0.398 e. The maximum Gasteiger partial charge on any atom is 0.245 e. The number of rotatable bonds is 1. The Morgan fingerprint density at radius 2 is 2.05 bits per heavy atom. The van der Waals surface area contributed by atoms with Crippen LogP contribution in [-0.4, -0.2) is 21.1 Å². The summed E-state index contributed by atoms with van der Waals surface area (Å²) in [4.78, 5) is 6.76. The predicted octanol–water partition coefficient (Wildman–Crippen LogP) is 1.87. The minimum atomic E-state index is 0.769. The van der Waals surface area contributed by atoms with Crippen LogP contribution in [0.1, 0.15) is 11.1 Å². The van der Waals surface area contributed by atoms with Gasteiger partial charge in [-0.2, -0.15) is 4.98 Å². The number of pyridine rings is 1. The number of nitrogens with two attached hydrogens (primary N) is 1. The van der Waals surface area contributed by atoms with Crippen molar-refractivity contribution in [1.29, 1.82) is 0 Å². The molecule has 0 spiro atoms. The monoisotopic (exact) mass is 265 g/mol. The highest BCUT2D eigenvalue weighted by atomic mass is 15.4. The van der Waals surface area contributed by atoms with Gasteiger partial charge in [0.05, 0.1) is 0 Å². The quantitative estimate of drug-likeness (QED) is 0.682. The molecule has 100 valence electrons. The first-order valence-corrected chi connectivity index (χ1v) is 6.74. The molecule has 0 saturated carbocycles. The Hall–Kier alpha value is -2.56. The zero-order chi connectivity index (χ0) is 13.5. The molecule has 5 nitrogen and oxygen atoms in total. The van der Waals surface area contributed by atoms with Crippen molar-refractivity contribution in [1.82, 2.24) is 14.6 Å². The highest BCUT2D eigenvalue weighted by Crippen LogP contribution is 2.26. The van der Waals surface area contributed by atoms with Gasteiger partial charge in [-0.05, 0) is 35.7 Å². The largest absolute Gasteiger partial charge is 0.398 e. The second kappa shape index (κ2) is 4.23. The SMILES string of the molecule is Nc1cccc2c1CN(c1nc3ccccn3n1)CC2. The van der Waals surface area contributed by atoms with Gasteiger partial charge in [-0.3, -0.25) is 0 Å². The number of fused-ring (bicyclic) bond motifs is 2. The number of benzene rings is 1. The van der Waals surface area contributed by atoms with Crippen LogP contribution < -0.4 is 10.6 Å². The van der Waals surface area contributed by atoms with Crippen molar-refractivity contribution in [3.05, 3.63) is 53.7 Å². The molecule has 0 saturated heterocycles. The Kier molecular flexibility index (Phi) is 2.39. The van der Waals surface area contributed by atoms with E-state index < -0.39 is 0 Å². The first-order chi connectivity index (χ1) is 9.81. The minimum absolute atomic E-state index is 0.769. The molecule has 2 aromatic heterocycles. The van der Waals surface area contributed by atoms with Crippen molar-refractivity contribution in [3.63, 3.8) is 0 Å². The second-order valence-electron chi connectivity index (χ2n) is 5.07. The molecule has 0 atom stereocenters. The van der Waals surface area contributed by atoms with E-state index in [0.717, 1.165) is 36.8 Å². The number of hydrogen-bond acceptors (Lipinski definition) is 4. The Balaban J connectivity index is 1.72. The fourth-order valence-electron chi connectivity index (χ4n) is 2.73. The Bertz CT molecular complexity index is 744. The lowest BCUT2D eigenvalue weighted by molar-refractivity contribution is 0.708. The third-order valence-corrected chi connectivity index (χ3v) is 3.82. The molecule has 3 aromatic rings. The molecule has 2 N–H and O–H groups in total. The van der Waals surface area contributed by atoms with Crippen LogP contribution in [-0.2, 0) is 13.0 Å². The standard InChI is InChI=1S/C15H15N5/c16-13-5-3-4-11-7-9-19(10-12(11)13)15-17-14-6-1-2-8-20(14)18-15/h1-6,8H,7,9-10,16H2. The summed E-state index contributed by atoms with van der Waals surface area (Å²) in [5.41, 5.74) is 10.4. The van der Waals surface area contributed by atoms with Crippen LogP contribution in [0.4, 0.5) is 11.6 Å². The molecular formula is C15H15N5. The third-order valence-electron chi connectivity index (χ3n) is 3.82. The Morgan fingerprint density at radius 3 is 2.95 bits per heavy atom. The van der Waals surface area contributed by atoms with Crippen LogP contribution in [0.2, 0.25) is 0 Å². The fourth-order valence-corrected chi connectivity index (χ4v) is 2.73. The van der Waals surface area contributed by atoms with Crippen molar-refractivity contribution >= 4 is 17.3 Å². The van der Waals surface area contributed by atoms with Gasteiger partial charge in [-0.1, -0.05) is 18.2 Å².